The number of hydrogen-bond acceptors (Lipinski definition) is 3. The maximum absolute atomic E-state index is 6.98. The molecule has 0 fully saturated rings. The maximum atomic E-state index is 6.98. The molecule has 3 nitrogen and oxygen atoms in total. The fourth-order valence-corrected chi connectivity index (χ4v) is 12.0. The molecule has 0 bridgehead atoms. The lowest BCUT2D eigenvalue weighted by molar-refractivity contribution is 0.626. The summed E-state index contributed by atoms with van der Waals surface area (Å²) < 4.78 is 6.98. The van der Waals surface area contributed by atoms with Gasteiger partial charge in [0.1, 0.15) is 17.3 Å². The summed E-state index contributed by atoms with van der Waals surface area (Å²) in [7, 11) is 0. The lowest BCUT2D eigenvalue weighted by Gasteiger charge is -2.48. The molecule has 0 saturated heterocycles. The quantitative estimate of drug-likeness (QED) is 0.193. The second-order valence-corrected chi connectivity index (χ2v) is 17.3. The van der Waals surface area contributed by atoms with Crippen LogP contribution in [0.2, 0.25) is 0 Å². The molecule has 4 aliphatic rings. The number of para-hydroxylation sites is 1. The van der Waals surface area contributed by atoms with Crippen molar-refractivity contribution in [3.05, 3.63) is 280 Å². The molecular formula is C60H38N2O. The maximum Gasteiger partial charge on any atom is 0.145 e. The van der Waals surface area contributed by atoms with E-state index in [1.807, 2.05) is 0 Å². The number of nitrogens with zero attached hydrogens (tertiary/aromatic N) is 1. The predicted octanol–water partition coefficient (Wildman–Crippen LogP) is 13.8. The summed E-state index contributed by atoms with van der Waals surface area (Å²) >= 11 is 0. The van der Waals surface area contributed by atoms with Crippen LogP contribution in [0.5, 0.6) is 0 Å². The van der Waals surface area contributed by atoms with Gasteiger partial charge in [0.05, 0.1) is 16.5 Å². The number of hydrogen-bond donors (Lipinski definition) is 1. The second kappa shape index (κ2) is 12.8. The zero-order valence-corrected chi connectivity index (χ0v) is 34.2. The molecule has 0 amide bonds. The third-order valence-corrected chi connectivity index (χ3v) is 14.4. The average Bonchev–Trinajstić information content (AvgIpc) is 3.99. The van der Waals surface area contributed by atoms with Crippen LogP contribution in [0, 0.1) is 0 Å². The van der Waals surface area contributed by atoms with Crippen molar-refractivity contribution in [2.75, 3.05) is 0 Å². The van der Waals surface area contributed by atoms with Crippen LogP contribution < -0.4 is 5.32 Å². The van der Waals surface area contributed by atoms with E-state index in [9.17, 15) is 0 Å². The minimum atomic E-state index is -0.683. The van der Waals surface area contributed by atoms with Gasteiger partial charge in [-0.2, -0.15) is 0 Å². The summed E-state index contributed by atoms with van der Waals surface area (Å²) in [6.07, 6.45) is 1.85. The molecule has 63 heavy (non-hydrogen) atoms. The fourth-order valence-electron chi connectivity index (χ4n) is 12.0. The lowest BCUT2D eigenvalue weighted by Crippen LogP contribution is -2.43. The normalized spacial score (nSPS) is 16.7. The molecule has 1 unspecified atom stereocenters. The van der Waals surface area contributed by atoms with Crippen molar-refractivity contribution in [1.82, 2.24) is 5.32 Å². The Morgan fingerprint density at radius 3 is 1.60 bits per heavy atom. The van der Waals surface area contributed by atoms with Crippen LogP contribution in [0.4, 0.5) is 0 Å². The van der Waals surface area contributed by atoms with Gasteiger partial charge in [-0.3, -0.25) is 4.99 Å². The first-order valence-electron chi connectivity index (χ1n) is 21.9. The van der Waals surface area contributed by atoms with Gasteiger partial charge in [-0.05, 0) is 96.1 Å². The van der Waals surface area contributed by atoms with Gasteiger partial charge in [0.25, 0.3) is 0 Å². The highest BCUT2D eigenvalue weighted by Crippen LogP contribution is 2.68. The minimum Gasteiger partial charge on any atom is -0.455 e. The van der Waals surface area contributed by atoms with Crippen molar-refractivity contribution in [2.45, 2.75) is 17.0 Å². The summed E-state index contributed by atoms with van der Waals surface area (Å²) in [4.78, 5) is 5.49. The van der Waals surface area contributed by atoms with Crippen molar-refractivity contribution >= 4 is 33.3 Å². The monoisotopic (exact) mass is 802 g/mol. The summed E-state index contributed by atoms with van der Waals surface area (Å²) in [6.45, 7) is 0. The van der Waals surface area contributed by atoms with Gasteiger partial charge in [-0.1, -0.05) is 200 Å². The van der Waals surface area contributed by atoms with E-state index in [2.05, 4.69) is 224 Å². The summed E-state index contributed by atoms with van der Waals surface area (Å²) in [6, 6.07) is 78.1. The largest absolute Gasteiger partial charge is 0.455 e. The SMILES string of the molecule is C1=C(c2ccccc2)NC(c2ccc3c(c2)C2(c4ccccc4C4(c5ccccc5-c5ccccc54)c4ccccc42)c2ccc4c(oc5ccccc54)c2-3)N=C1c1ccccc1. The van der Waals surface area contributed by atoms with E-state index in [-0.39, 0.29) is 6.17 Å². The molecule has 3 heteroatoms. The standard InChI is InChI=1S/C60H38N2O/c1-3-17-37(18-4-1)53-36-54(38-19-5-2-6-20-38)62-58(61-53)39-31-32-44-52(35-39)60(51-34-33-43-42-23-9-16-30-55(42)63-57(43)56(44)51)49-28-14-12-26-47(49)59(48-27-13-15-29-50(48)60)45-24-10-7-21-40(45)41-22-8-11-25-46(41)59/h1-36,58,61H. The Labute approximate surface area is 365 Å². The third-order valence-electron chi connectivity index (χ3n) is 14.4. The Morgan fingerprint density at radius 2 is 0.952 bits per heavy atom. The molecule has 0 radical (unpaired) electrons. The third kappa shape index (κ3) is 4.45. The van der Waals surface area contributed by atoms with E-state index >= 15 is 0 Å². The highest BCUT2D eigenvalue weighted by atomic mass is 16.3. The molecule has 2 heterocycles. The van der Waals surface area contributed by atoms with Crippen LogP contribution in [0.25, 0.3) is 49.9 Å². The number of nitrogens with one attached hydrogen (secondary N) is 1. The van der Waals surface area contributed by atoms with Crippen molar-refractivity contribution < 1.29 is 4.42 Å². The van der Waals surface area contributed by atoms with Crippen molar-refractivity contribution in [3.63, 3.8) is 0 Å². The van der Waals surface area contributed by atoms with Gasteiger partial charge < -0.3 is 9.73 Å². The number of allylic oxidation sites excluding steroid dienone is 1. The first-order chi connectivity index (χ1) is 31.2. The van der Waals surface area contributed by atoms with Crippen LogP contribution in [-0.2, 0) is 10.8 Å². The van der Waals surface area contributed by atoms with Gasteiger partial charge in [-0.25, -0.2) is 0 Å². The van der Waals surface area contributed by atoms with E-state index in [0.29, 0.717) is 0 Å². The first-order valence-corrected chi connectivity index (χ1v) is 21.9. The van der Waals surface area contributed by atoms with Crippen LogP contribution in [0.1, 0.15) is 67.4 Å². The lowest BCUT2D eigenvalue weighted by atomic mass is 9.52. The number of furan rings is 1. The van der Waals surface area contributed by atoms with E-state index in [1.165, 1.54) is 61.2 Å². The summed E-state index contributed by atoms with van der Waals surface area (Å²) in [5.74, 6) is 0. The molecule has 3 aliphatic carbocycles. The van der Waals surface area contributed by atoms with E-state index < -0.39 is 10.8 Å². The molecule has 9 aromatic carbocycles. The molecule has 2 spiro atoms. The Bertz CT molecular complexity index is 3520. The molecule has 1 aliphatic heterocycles. The van der Waals surface area contributed by atoms with Gasteiger partial charge in [0.2, 0.25) is 0 Å². The van der Waals surface area contributed by atoms with E-state index in [0.717, 1.165) is 55.6 Å². The second-order valence-electron chi connectivity index (χ2n) is 17.3. The van der Waals surface area contributed by atoms with Gasteiger partial charge in [-0.15, -0.1) is 0 Å². The van der Waals surface area contributed by atoms with Crippen LogP contribution in [-0.4, -0.2) is 5.71 Å². The van der Waals surface area contributed by atoms with Gasteiger partial charge in [0, 0.05) is 22.0 Å². The molecule has 0 saturated carbocycles. The minimum absolute atomic E-state index is 0.341. The molecule has 294 valence electrons. The zero-order valence-electron chi connectivity index (χ0n) is 34.2. The first kappa shape index (κ1) is 34.7. The van der Waals surface area contributed by atoms with E-state index in [4.69, 9.17) is 9.41 Å². The topological polar surface area (TPSA) is 37.5 Å². The Hall–Kier alpha value is -8.01. The number of benzene rings is 9. The van der Waals surface area contributed by atoms with Gasteiger partial charge in [0.15, 0.2) is 0 Å². The molecule has 1 atom stereocenters. The average molecular weight is 803 g/mol. The summed E-state index contributed by atoms with van der Waals surface area (Å²) in [5.41, 5.74) is 21.2. The van der Waals surface area contributed by atoms with Crippen LogP contribution in [0.15, 0.2) is 228 Å². The Kier molecular flexibility index (Phi) is 7.02. The highest BCUT2D eigenvalue weighted by Gasteiger charge is 2.59. The Morgan fingerprint density at radius 1 is 0.413 bits per heavy atom. The Balaban J connectivity index is 1.09. The number of rotatable bonds is 3. The van der Waals surface area contributed by atoms with Crippen LogP contribution >= 0.6 is 0 Å². The predicted molar refractivity (Wildman–Crippen MR) is 255 cm³/mol. The number of aliphatic imine (C=N–C) groups is 1. The summed E-state index contributed by atoms with van der Waals surface area (Å²) in [5, 5.41) is 6.15. The smallest absolute Gasteiger partial charge is 0.145 e. The molecule has 10 aromatic rings. The molecule has 1 N–H and O–H groups in total. The molecule has 1 aromatic heterocycles. The highest BCUT2D eigenvalue weighted by molar-refractivity contribution is 6.14. The number of fused-ring (bicyclic) bond motifs is 20. The van der Waals surface area contributed by atoms with Crippen molar-refractivity contribution in [3.8, 4) is 22.3 Å². The molecule has 14 rings (SSSR count). The van der Waals surface area contributed by atoms with Crippen molar-refractivity contribution in [2.24, 2.45) is 4.99 Å². The van der Waals surface area contributed by atoms with Crippen molar-refractivity contribution in [1.29, 1.82) is 0 Å². The molecular weight excluding hydrogens is 765 g/mol. The zero-order chi connectivity index (χ0) is 41.3. The fraction of sp³-hybridized carbons (Fsp3) is 0.0500. The van der Waals surface area contributed by atoms with E-state index in [1.54, 1.807) is 0 Å². The van der Waals surface area contributed by atoms with Gasteiger partial charge >= 0.3 is 0 Å². The van der Waals surface area contributed by atoms with Crippen LogP contribution in [0.3, 0.4) is 0 Å².